The number of nitrogens with one attached hydrogen (secondary N) is 1. The molecule has 140 valence electrons. The first-order chi connectivity index (χ1) is 12.8. The number of carboxylic acids is 1. The summed E-state index contributed by atoms with van der Waals surface area (Å²) in [7, 11) is 0. The van der Waals surface area contributed by atoms with E-state index < -0.39 is 11.9 Å². The fourth-order valence-electron chi connectivity index (χ4n) is 3.03. The summed E-state index contributed by atoms with van der Waals surface area (Å²) in [6, 6.07) is 12.1. The first-order valence-corrected chi connectivity index (χ1v) is 8.88. The minimum atomic E-state index is -1.13. The fraction of sp³-hybridized carbons (Fsp3) is 0.250. The Balaban J connectivity index is 1.62. The van der Waals surface area contributed by atoms with Crippen molar-refractivity contribution in [3.05, 3.63) is 64.2 Å². The number of carbonyl (C=O) groups excluding carboxylic acids is 2. The van der Waals surface area contributed by atoms with Crippen LogP contribution in [0.5, 0.6) is 0 Å². The number of carbonyl (C=O) groups is 3. The van der Waals surface area contributed by atoms with Crippen molar-refractivity contribution < 1.29 is 19.5 Å². The lowest BCUT2D eigenvalue weighted by Crippen LogP contribution is -2.28. The van der Waals surface area contributed by atoms with E-state index in [4.69, 9.17) is 16.7 Å². The Morgan fingerprint density at radius 2 is 1.93 bits per heavy atom. The van der Waals surface area contributed by atoms with E-state index in [2.05, 4.69) is 5.32 Å². The monoisotopic (exact) mass is 386 g/mol. The number of likely N-dealkylation sites (tertiary alicyclic amines) is 1. The van der Waals surface area contributed by atoms with Crippen LogP contribution in [0, 0.1) is 12.8 Å². The number of rotatable bonds is 5. The van der Waals surface area contributed by atoms with Gasteiger partial charge in [-0.1, -0.05) is 41.4 Å². The summed E-state index contributed by atoms with van der Waals surface area (Å²) in [6.07, 6.45) is 0.151. The predicted molar refractivity (Wildman–Crippen MR) is 102 cm³/mol. The number of hydrogen-bond donors (Lipinski definition) is 2. The maximum atomic E-state index is 12.5. The van der Waals surface area contributed by atoms with Crippen molar-refractivity contribution in [1.82, 2.24) is 4.90 Å². The summed E-state index contributed by atoms with van der Waals surface area (Å²) < 4.78 is 0. The highest BCUT2D eigenvalue weighted by Gasteiger charge is 2.34. The molecule has 0 radical (unpaired) electrons. The maximum Gasteiger partial charge on any atom is 0.337 e. The molecule has 1 fully saturated rings. The Kier molecular flexibility index (Phi) is 5.46. The Hall–Kier alpha value is -2.86. The number of carboxylic acid groups (broad SMARTS) is 1. The quantitative estimate of drug-likeness (QED) is 0.825. The average molecular weight is 387 g/mol. The molecule has 0 saturated carbocycles. The molecule has 1 aliphatic rings. The second kappa shape index (κ2) is 7.80. The van der Waals surface area contributed by atoms with Gasteiger partial charge in [0.15, 0.2) is 0 Å². The molecule has 1 aliphatic heterocycles. The molecule has 27 heavy (non-hydrogen) atoms. The van der Waals surface area contributed by atoms with Crippen molar-refractivity contribution in [2.45, 2.75) is 19.9 Å². The van der Waals surface area contributed by atoms with Gasteiger partial charge in [0.2, 0.25) is 11.8 Å². The number of benzene rings is 2. The van der Waals surface area contributed by atoms with E-state index in [9.17, 15) is 14.4 Å². The van der Waals surface area contributed by atoms with Gasteiger partial charge in [-0.15, -0.1) is 0 Å². The molecule has 3 rings (SSSR count). The summed E-state index contributed by atoms with van der Waals surface area (Å²) in [6.45, 7) is 2.82. The molecule has 2 aromatic carbocycles. The summed E-state index contributed by atoms with van der Waals surface area (Å²) in [5, 5.41) is 11.7. The lowest BCUT2D eigenvalue weighted by molar-refractivity contribution is -0.128. The number of aryl methyl sites for hydroxylation is 1. The first kappa shape index (κ1) is 18.9. The standard InChI is InChI=1S/C20H19ClN2O4/c1-12-2-4-13(5-3-12)10-23-11-14(8-18(23)24)19(25)22-15-6-7-16(20(26)27)17(21)9-15/h2-7,9,14H,8,10-11H2,1H3,(H,22,25)(H,26,27). The summed E-state index contributed by atoms with van der Waals surface area (Å²) >= 11 is 5.92. The number of hydrogen-bond acceptors (Lipinski definition) is 3. The van der Waals surface area contributed by atoms with E-state index in [0.717, 1.165) is 11.1 Å². The molecule has 7 heteroatoms. The minimum absolute atomic E-state index is 0.0324. The third-order valence-corrected chi connectivity index (χ3v) is 4.86. The lowest BCUT2D eigenvalue weighted by atomic mass is 10.1. The summed E-state index contributed by atoms with van der Waals surface area (Å²) in [5.74, 6) is -1.93. The van der Waals surface area contributed by atoms with Crippen molar-refractivity contribution in [3.63, 3.8) is 0 Å². The van der Waals surface area contributed by atoms with Gasteiger partial charge in [0.1, 0.15) is 0 Å². The summed E-state index contributed by atoms with van der Waals surface area (Å²) in [4.78, 5) is 37.4. The highest BCUT2D eigenvalue weighted by Crippen LogP contribution is 2.24. The summed E-state index contributed by atoms with van der Waals surface area (Å²) in [5.41, 5.74) is 2.54. The van der Waals surface area contributed by atoms with Gasteiger partial charge in [0.05, 0.1) is 16.5 Å². The molecular formula is C20H19ClN2O4. The lowest BCUT2D eigenvalue weighted by Gasteiger charge is -2.17. The van der Waals surface area contributed by atoms with Gasteiger partial charge >= 0.3 is 5.97 Å². The molecular weight excluding hydrogens is 368 g/mol. The SMILES string of the molecule is Cc1ccc(CN2CC(C(=O)Nc3ccc(C(=O)O)c(Cl)c3)CC2=O)cc1. The third kappa shape index (κ3) is 4.46. The van der Waals surface area contributed by atoms with Crippen LogP contribution in [0.2, 0.25) is 5.02 Å². The molecule has 1 saturated heterocycles. The number of aromatic carboxylic acids is 1. The molecule has 1 heterocycles. The number of anilines is 1. The molecule has 2 N–H and O–H groups in total. The van der Waals surface area contributed by atoms with Gasteiger partial charge in [-0.25, -0.2) is 4.79 Å². The van der Waals surface area contributed by atoms with Crippen LogP contribution in [0.15, 0.2) is 42.5 Å². The number of nitrogens with zero attached hydrogens (tertiary/aromatic N) is 1. The molecule has 1 unspecified atom stereocenters. The number of amides is 2. The van der Waals surface area contributed by atoms with Crippen LogP contribution < -0.4 is 5.32 Å². The zero-order chi connectivity index (χ0) is 19.6. The Bertz CT molecular complexity index is 895. The van der Waals surface area contributed by atoms with Crippen molar-refractivity contribution in [1.29, 1.82) is 0 Å². The van der Waals surface area contributed by atoms with Crippen LogP contribution in [0.3, 0.4) is 0 Å². The predicted octanol–water partition coefficient (Wildman–Crippen LogP) is 3.33. The Labute approximate surface area is 161 Å². The second-order valence-corrected chi connectivity index (χ2v) is 7.06. The Morgan fingerprint density at radius 1 is 1.22 bits per heavy atom. The van der Waals surface area contributed by atoms with Crippen molar-refractivity contribution in [2.24, 2.45) is 5.92 Å². The van der Waals surface area contributed by atoms with E-state index in [1.807, 2.05) is 31.2 Å². The van der Waals surface area contributed by atoms with Crippen LogP contribution >= 0.6 is 11.6 Å². The molecule has 0 aromatic heterocycles. The first-order valence-electron chi connectivity index (χ1n) is 8.50. The van der Waals surface area contributed by atoms with Crippen LogP contribution in [-0.2, 0) is 16.1 Å². The molecule has 2 aromatic rings. The number of halogens is 1. The largest absolute Gasteiger partial charge is 0.478 e. The van der Waals surface area contributed by atoms with Gasteiger partial charge in [-0.05, 0) is 30.7 Å². The highest BCUT2D eigenvalue weighted by atomic mass is 35.5. The van der Waals surface area contributed by atoms with Crippen LogP contribution in [0.25, 0.3) is 0 Å². The molecule has 0 bridgehead atoms. The molecule has 6 nitrogen and oxygen atoms in total. The zero-order valence-corrected chi connectivity index (χ0v) is 15.5. The van der Waals surface area contributed by atoms with E-state index in [1.54, 1.807) is 4.90 Å². The Morgan fingerprint density at radius 3 is 2.56 bits per heavy atom. The molecule has 2 amide bonds. The molecule has 0 aliphatic carbocycles. The van der Waals surface area contributed by atoms with Gasteiger partial charge < -0.3 is 15.3 Å². The third-order valence-electron chi connectivity index (χ3n) is 4.55. The van der Waals surface area contributed by atoms with Crippen molar-refractivity contribution in [3.8, 4) is 0 Å². The topological polar surface area (TPSA) is 86.7 Å². The minimum Gasteiger partial charge on any atom is -0.478 e. The molecule has 0 spiro atoms. The van der Waals surface area contributed by atoms with Gasteiger partial charge in [-0.2, -0.15) is 0 Å². The second-order valence-electron chi connectivity index (χ2n) is 6.65. The maximum absolute atomic E-state index is 12.5. The van der Waals surface area contributed by atoms with Gasteiger partial charge in [0.25, 0.3) is 0 Å². The van der Waals surface area contributed by atoms with Crippen LogP contribution in [0.4, 0.5) is 5.69 Å². The fourth-order valence-corrected chi connectivity index (χ4v) is 3.29. The van der Waals surface area contributed by atoms with E-state index >= 15 is 0 Å². The normalized spacial score (nSPS) is 16.4. The van der Waals surface area contributed by atoms with Crippen LogP contribution in [-0.4, -0.2) is 34.3 Å². The van der Waals surface area contributed by atoms with Crippen molar-refractivity contribution in [2.75, 3.05) is 11.9 Å². The van der Waals surface area contributed by atoms with E-state index in [-0.39, 0.29) is 28.8 Å². The van der Waals surface area contributed by atoms with Gasteiger partial charge in [-0.3, -0.25) is 9.59 Å². The van der Waals surface area contributed by atoms with Crippen molar-refractivity contribution >= 4 is 35.1 Å². The van der Waals surface area contributed by atoms with E-state index in [0.29, 0.717) is 18.8 Å². The average Bonchev–Trinajstić information content (AvgIpc) is 2.97. The smallest absolute Gasteiger partial charge is 0.337 e. The zero-order valence-electron chi connectivity index (χ0n) is 14.7. The molecule has 1 atom stereocenters. The van der Waals surface area contributed by atoms with Crippen LogP contribution in [0.1, 0.15) is 27.9 Å². The van der Waals surface area contributed by atoms with E-state index in [1.165, 1.54) is 18.2 Å². The highest BCUT2D eigenvalue weighted by molar-refractivity contribution is 6.33. The van der Waals surface area contributed by atoms with Gasteiger partial charge in [0, 0.05) is 25.2 Å².